The number of carbonyl (C=O) groups is 2. The second kappa shape index (κ2) is 7.21. The molecule has 0 spiro atoms. The van der Waals surface area contributed by atoms with Gasteiger partial charge in [-0.05, 0) is 24.1 Å². The smallest absolute Gasteiger partial charge is 0.289 e. The van der Waals surface area contributed by atoms with Crippen LogP contribution in [0.1, 0.15) is 35.0 Å². The Hall–Kier alpha value is -3.08. The molecule has 0 aliphatic rings. The summed E-state index contributed by atoms with van der Waals surface area (Å²) < 4.78 is 5.94. The van der Waals surface area contributed by atoms with E-state index in [1.807, 2.05) is 49.4 Å². The third-order valence-corrected chi connectivity index (χ3v) is 4.05. The quantitative estimate of drug-likeness (QED) is 0.512. The molecule has 0 atom stereocenters. The maximum atomic E-state index is 12.4. The number of hydrogen-bond donors (Lipinski definition) is 2. The number of benzene rings is 2. The van der Waals surface area contributed by atoms with Crippen LogP contribution in [0.3, 0.4) is 0 Å². The SMILES string of the molecule is CCCc1[nH]c2cccc(OCc3ccccc3)c2c1C(=O)C(N)=O. The molecular formula is C20H20N2O3. The largest absolute Gasteiger partial charge is 0.488 e. The lowest BCUT2D eigenvalue weighted by atomic mass is 10.0. The Morgan fingerprint density at radius 2 is 1.84 bits per heavy atom. The molecular weight excluding hydrogens is 316 g/mol. The molecule has 3 aromatic rings. The first-order valence-electron chi connectivity index (χ1n) is 8.26. The lowest BCUT2D eigenvalue weighted by molar-refractivity contribution is -0.114. The lowest BCUT2D eigenvalue weighted by Crippen LogP contribution is -2.24. The molecule has 1 aromatic heterocycles. The number of primary amides is 1. The molecule has 0 aliphatic heterocycles. The van der Waals surface area contributed by atoms with Crippen molar-refractivity contribution in [2.75, 3.05) is 0 Å². The van der Waals surface area contributed by atoms with E-state index < -0.39 is 11.7 Å². The van der Waals surface area contributed by atoms with Gasteiger partial charge in [-0.1, -0.05) is 49.7 Å². The van der Waals surface area contributed by atoms with Crippen LogP contribution in [0.15, 0.2) is 48.5 Å². The highest BCUT2D eigenvalue weighted by atomic mass is 16.5. The number of Topliss-reactive ketones (excluding diaryl/α,β-unsaturated/α-hetero) is 1. The molecule has 0 bridgehead atoms. The number of aromatic nitrogens is 1. The second-order valence-corrected chi connectivity index (χ2v) is 5.87. The molecule has 1 amide bonds. The Balaban J connectivity index is 2.06. The van der Waals surface area contributed by atoms with Gasteiger partial charge in [-0.15, -0.1) is 0 Å². The molecule has 0 radical (unpaired) electrons. The van der Waals surface area contributed by atoms with Crippen LogP contribution in [0.2, 0.25) is 0 Å². The van der Waals surface area contributed by atoms with Gasteiger partial charge in [0.1, 0.15) is 12.4 Å². The van der Waals surface area contributed by atoms with Crippen LogP contribution in [0.25, 0.3) is 10.9 Å². The van der Waals surface area contributed by atoms with Gasteiger partial charge < -0.3 is 15.5 Å². The molecule has 0 unspecified atom stereocenters. The molecule has 2 aromatic carbocycles. The minimum Gasteiger partial charge on any atom is -0.488 e. The number of carbonyl (C=O) groups excluding carboxylic acids is 2. The van der Waals surface area contributed by atoms with Crippen molar-refractivity contribution in [3.8, 4) is 5.75 Å². The Bertz CT molecular complexity index is 913. The van der Waals surface area contributed by atoms with Crippen LogP contribution in [0.4, 0.5) is 0 Å². The number of fused-ring (bicyclic) bond motifs is 1. The molecule has 0 aliphatic carbocycles. The van der Waals surface area contributed by atoms with Crippen LogP contribution in [0.5, 0.6) is 5.75 Å². The number of amides is 1. The van der Waals surface area contributed by atoms with Gasteiger partial charge in [0.15, 0.2) is 0 Å². The summed E-state index contributed by atoms with van der Waals surface area (Å²) >= 11 is 0. The van der Waals surface area contributed by atoms with Crippen molar-refractivity contribution >= 4 is 22.6 Å². The number of nitrogens with one attached hydrogen (secondary N) is 1. The van der Waals surface area contributed by atoms with E-state index in [0.29, 0.717) is 29.7 Å². The zero-order valence-electron chi connectivity index (χ0n) is 14.0. The molecule has 128 valence electrons. The van der Waals surface area contributed by atoms with Crippen molar-refractivity contribution in [1.82, 2.24) is 4.98 Å². The number of H-pyrrole nitrogens is 1. The fraction of sp³-hybridized carbons (Fsp3) is 0.200. The van der Waals surface area contributed by atoms with Crippen molar-refractivity contribution in [1.29, 1.82) is 0 Å². The van der Waals surface area contributed by atoms with Gasteiger partial charge in [0, 0.05) is 5.69 Å². The van der Waals surface area contributed by atoms with Crippen molar-refractivity contribution < 1.29 is 14.3 Å². The number of ether oxygens (including phenoxy) is 1. The van der Waals surface area contributed by atoms with E-state index in [2.05, 4.69) is 4.98 Å². The lowest BCUT2D eigenvalue weighted by Gasteiger charge is -2.09. The predicted octanol–water partition coefficient (Wildman–Crippen LogP) is 3.37. The van der Waals surface area contributed by atoms with E-state index >= 15 is 0 Å². The van der Waals surface area contributed by atoms with Crippen LogP contribution < -0.4 is 10.5 Å². The van der Waals surface area contributed by atoms with Gasteiger partial charge in [-0.2, -0.15) is 0 Å². The summed E-state index contributed by atoms with van der Waals surface area (Å²) in [6.07, 6.45) is 1.49. The summed E-state index contributed by atoms with van der Waals surface area (Å²) in [5, 5.41) is 0.616. The average molecular weight is 336 g/mol. The third-order valence-electron chi connectivity index (χ3n) is 4.05. The second-order valence-electron chi connectivity index (χ2n) is 5.87. The first-order valence-corrected chi connectivity index (χ1v) is 8.26. The van der Waals surface area contributed by atoms with Crippen LogP contribution in [-0.2, 0) is 17.8 Å². The minimum absolute atomic E-state index is 0.327. The highest BCUT2D eigenvalue weighted by Gasteiger charge is 2.24. The molecule has 1 heterocycles. The Morgan fingerprint density at radius 1 is 1.08 bits per heavy atom. The fourth-order valence-electron chi connectivity index (χ4n) is 2.94. The van der Waals surface area contributed by atoms with E-state index in [1.165, 1.54) is 0 Å². The van der Waals surface area contributed by atoms with Gasteiger partial charge >= 0.3 is 0 Å². The molecule has 3 rings (SSSR count). The third kappa shape index (κ3) is 3.40. The first-order chi connectivity index (χ1) is 12.1. The zero-order chi connectivity index (χ0) is 17.8. The molecule has 5 heteroatoms. The van der Waals surface area contributed by atoms with E-state index in [9.17, 15) is 9.59 Å². The standard InChI is InChI=1S/C20H20N2O3/c1-2-7-14-18(19(23)20(21)24)17-15(22-14)10-6-11-16(17)25-12-13-8-4-3-5-9-13/h3-6,8-11,22H,2,7,12H2,1H3,(H2,21,24). The van der Waals surface area contributed by atoms with E-state index in [4.69, 9.17) is 10.5 Å². The van der Waals surface area contributed by atoms with Crippen molar-refractivity contribution in [2.24, 2.45) is 5.73 Å². The number of aryl methyl sites for hydroxylation is 1. The predicted molar refractivity (Wildman–Crippen MR) is 96.6 cm³/mol. The number of ketones is 1. The van der Waals surface area contributed by atoms with Gasteiger partial charge in [-0.3, -0.25) is 9.59 Å². The van der Waals surface area contributed by atoms with Gasteiger partial charge in [0.05, 0.1) is 16.5 Å². The Kier molecular flexibility index (Phi) is 4.84. The molecule has 25 heavy (non-hydrogen) atoms. The Labute approximate surface area is 145 Å². The van der Waals surface area contributed by atoms with Crippen molar-refractivity contribution in [3.63, 3.8) is 0 Å². The highest BCUT2D eigenvalue weighted by molar-refractivity contribution is 6.45. The number of aromatic amines is 1. The molecule has 0 saturated carbocycles. The summed E-state index contributed by atoms with van der Waals surface area (Å²) in [5.74, 6) is -1.09. The van der Waals surface area contributed by atoms with Crippen molar-refractivity contribution in [2.45, 2.75) is 26.4 Å². The van der Waals surface area contributed by atoms with Crippen LogP contribution in [-0.4, -0.2) is 16.7 Å². The van der Waals surface area contributed by atoms with Gasteiger partial charge in [0.2, 0.25) is 0 Å². The summed E-state index contributed by atoms with van der Waals surface area (Å²) in [6.45, 7) is 2.38. The monoisotopic (exact) mass is 336 g/mol. The summed E-state index contributed by atoms with van der Waals surface area (Å²) in [6, 6.07) is 15.3. The first kappa shape index (κ1) is 16.8. The molecule has 0 fully saturated rings. The fourth-order valence-corrected chi connectivity index (χ4v) is 2.94. The van der Waals surface area contributed by atoms with Crippen LogP contribution >= 0.6 is 0 Å². The van der Waals surface area contributed by atoms with E-state index in [0.717, 1.165) is 23.2 Å². The minimum atomic E-state index is -0.962. The maximum absolute atomic E-state index is 12.4. The normalized spacial score (nSPS) is 10.8. The molecule has 5 nitrogen and oxygen atoms in total. The Morgan fingerprint density at radius 3 is 2.52 bits per heavy atom. The highest BCUT2D eigenvalue weighted by Crippen LogP contribution is 2.32. The summed E-state index contributed by atoms with van der Waals surface area (Å²) in [5.41, 5.74) is 8.08. The van der Waals surface area contributed by atoms with Crippen LogP contribution in [0, 0.1) is 0 Å². The maximum Gasteiger partial charge on any atom is 0.289 e. The van der Waals surface area contributed by atoms with E-state index in [1.54, 1.807) is 6.07 Å². The number of rotatable bonds is 7. The van der Waals surface area contributed by atoms with Gasteiger partial charge in [0.25, 0.3) is 11.7 Å². The number of nitrogens with two attached hydrogens (primary N) is 1. The zero-order valence-corrected chi connectivity index (χ0v) is 14.0. The van der Waals surface area contributed by atoms with E-state index in [-0.39, 0.29) is 0 Å². The number of hydrogen-bond acceptors (Lipinski definition) is 3. The van der Waals surface area contributed by atoms with Gasteiger partial charge in [-0.25, -0.2) is 0 Å². The summed E-state index contributed by atoms with van der Waals surface area (Å²) in [4.78, 5) is 27.1. The summed E-state index contributed by atoms with van der Waals surface area (Å²) in [7, 11) is 0. The average Bonchev–Trinajstić information content (AvgIpc) is 2.99. The topological polar surface area (TPSA) is 85.2 Å². The molecule has 3 N–H and O–H groups in total. The molecule has 0 saturated heterocycles. The van der Waals surface area contributed by atoms with Crippen molar-refractivity contribution in [3.05, 3.63) is 65.4 Å².